The van der Waals surface area contributed by atoms with Crippen LogP contribution in [0.4, 0.5) is 0 Å². The van der Waals surface area contributed by atoms with Gasteiger partial charge in [0.1, 0.15) is 0 Å². The van der Waals surface area contributed by atoms with Gasteiger partial charge in [-0.15, -0.1) is 0 Å². The van der Waals surface area contributed by atoms with Gasteiger partial charge in [-0.05, 0) is 43.8 Å². The van der Waals surface area contributed by atoms with Gasteiger partial charge in [-0.3, -0.25) is 0 Å². The van der Waals surface area contributed by atoms with Crippen LogP contribution in [-0.4, -0.2) is 11.7 Å². The summed E-state index contributed by atoms with van der Waals surface area (Å²) in [5.74, 6) is 0.568. The number of rotatable bonds is 1. The molecule has 0 heterocycles. The molecule has 0 aromatic heterocycles. The number of allylic oxidation sites excluding steroid dienone is 3. The molecule has 0 amide bonds. The van der Waals surface area contributed by atoms with E-state index in [2.05, 4.69) is 26.8 Å². The van der Waals surface area contributed by atoms with Crippen LogP contribution in [0.2, 0.25) is 0 Å². The number of aliphatic hydroxyl groups excluding tert-OH is 1. The van der Waals surface area contributed by atoms with Gasteiger partial charge in [0, 0.05) is 0 Å². The summed E-state index contributed by atoms with van der Waals surface area (Å²) >= 11 is 0. The Kier molecular flexibility index (Phi) is 3.10. The molecule has 1 aliphatic rings. The van der Waals surface area contributed by atoms with Crippen molar-refractivity contribution < 1.29 is 5.11 Å². The predicted octanol–water partition coefficient (Wildman–Crippen LogP) is 2.67. The smallest absolute Gasteiger partial charge is 0.0647 e. The van der Waals surface area contributed by atoms with Gasteiger partial charge in [0.15, 0.2) is 0 Å². The third-order valence-electron chi connectivity index (χ3n) is 2.66. The lowest BCUT2D eigenvalue weighted by Gasteiger charge is -2.21. The minimum absolute atomic E-state index is 0.220. The molecule has 0 saturated heterocycles. The fourth-order valence-corrected chi connectivity index (χ4v) is 1.59. The van der Waals surface area contributed by atoms with E-state index in [4.69, 9.17) is 5.11 Å². The van der Waals surface area contributed by atoms with Crippen molar-refractivity contribution in [1.29, 1.82) is 0 Å². The number of hydrogen-bond acceptors (Lipinski definition) is 1. The zero-order valence-electron chi connectivity index (χ0n) is 8.22. The first-order valence-corrected chi connectivity index (χ1v) is 4.62. The molecule has 1 N–H and O–H groups in total. The van der Waals surface area contributed by atoms with Crippen LogP contribution < -0.4 is 0 Å². The Hall–Kier alpha value is -0.560. The molecule has 1 rings (SSSR count). The van der Waals surface area contributed by atoms with E-state index in [-0.39, 0.29) is 6.61 Å². The lowest BCUT2D eigenvalue weighted by Crippen LogP contribution is -2.09. The van der Waals surface area contributed by atoms with E-state index in [1.807, 2.05) is 0 Å². The summed E-state index contributed by atoms with van der Waals surface area (Å²) in [6.07, 6.45) is 4.53. The highest BCUT2D eigenvalue weighted by atomic mass is 16.3. The van der Waals surface area contributed by atoms with Gasteiger partial charge in [-0.1, -0.05) is 18.6 Å². The van der Waals surface area contributed by atoms with Crippen molar-refractivity contribution in [3.05, 3.63) is 22.8 Å². The third kappa shape index (κ3) is 1.98. The van der Waals surface area contributed by atoms with Crippen LogP contribution in [-0.2, 0) is 0 Å². The van der Waals surface area contributed by atoms with Crippen molar-refractivity contribution in [2.45, 2.75) is 33.6 Å². The van der Waals surface area contributed by atoms with Crippen LogP contribution in [0.3, 0.4) is 0 Å². The molecule has 0 fully saturated rings. The molecule has 12 heavy (non-hydrogen) atoms. The lowest BCUT2D eigenvalue weighted by atomic mass is 9.85. The highest BCUT2D eigenvalue weighted by molar-refractivity contribution is 5.31. The molecule has 1 nitrogen and oxygen atoms in total. The second-order valence-corrected chi connectivity index (χ2v) is 3.84. The van der Waals surface area contributed by atoms with Gasteiger partial charge in [0.25, 0.3) is 0 Å². The zero-order chi connectivity index (χ0) is 9.14. The molecule has 0 saturated carbocycles. The molecule has 68 valence electrons. The Labute approximate surface area is 74.8 Å². The van der Waals surface area contributed by atoms with Crippen LogP contribution in [0.15, 0.2) is 22.8 Å². The highest BCUT2D eigenvalue weighted by Crippen LogP contribution is 2.28. The summed E-state index contributed by atoms with van der Waals surface area (Å²) in [6, 6.07) is 0. The molecule has 0 aliphatic heterocycles. The summed E-state index contributed by atoms with van der Waals surface area (Å²) in [5.41, 5.74) is 3.99. The van der Waals surface area contributed by atoms with E-state index >= 15 is 0 Å². The fraction of sp³-hybridized carbons (Fsp3) is 0.636. The molecular weight excluding hydrogens is 148 g/mol. The van der Waals surface area contributed by atoms with Gasteiger partial charge in [0.2, 0.25) is 0 Å². The SMILES string of the molecule is CC(C)=C1C=C(CO)[C@H](C)CC1. The van der Waals surface area contributed by atoms with Crippen molar-refractivity contribution in [3.63, 3.8) is 0 Å². The maximum Gasteiger partial charge on any atom is 0.0647 e. The number of hydrogen-bond donors (Lipinski definition) is 1. The Balaban J connectivity index is 2.88. The van der Waals surface area contributed by atoms with Crippen LogP contribution in [0.5, 0.6) is 0 Å². The number of aliphatic hydroxyl groups is 1. The monoisotopic (exact) mass is 166 g/mol. The second kappa shape index (κ2) is 3.90. The summed E-state index contributed by atoms with van der Waals surface area (Å²) in [7, 11) is 0. The van der Waals surface area contributed by atoms with Gasteiger partial charge >= 0.3 is 0 Å². The van der Waals surface area contributed by atoms with Crippen LogP contribution in [0.25, 0.3) is 0 Å². The summed E-state index contributed by atoms with van der Waals surface area (Å²) < 4.78 is 0. The first kappa shape index (κ1) is 9.53. The first-order valence-electron chi connectivity index (χ1n) is 4.62. The average molecular weight is 166 g/mol. The standard InChI is InChI=1S/C11H18O/c1-8(2)10-5-4-9(3)11(6-10)7-12/h6,9,12H,4-5,7H2,1-3H3/t9-/m1/s1. The van der Waals surface area contributed by atoms with Crippen molar-refractivity contribution in [2.24, 2.45) is 5.92 Å². The molecular formula is C11H18O. The third-order valence-corrected chi connectivity index (χ3v) is 2.66. The minimum Gasteiger partial charge on any atom is -0.392 e. The normalized spacial score (nSPS) is 23.8. The Bertz CT molecular complexity index is 219. The Morgan fingerprint density at radius 3 is 2.75 bits per heavy atom. The minimum atomic E-state index is 0.220. The van der Waals surface area contributed by atoms with E-state index in [0.29, 0.717) is 5.92 Å². The van der Waals surface area contributed by atoms with Crippen molar-refractivity contribution >= 4 is 0 Å². The van der Waals surface area contributed by atoms with E-state index in [1.54, 1.807) is 0 Å². The fourth-order valence-electron chi connectivity index (χ4n) is 1.59. The summed E-state index contributed by atoms with van der Waals surface area (Å²) in [5, 5.41) is 9.07. The predicted molar refractivity (Wildman–Crippen MR) is 51.9 cm³/mol. The van der Waals surface area contributed by atoms with Crippen LogP contribution in [0.1, 0.15) is 33.6 Å². The average Bonchev–Trinajstić information content (AvgIpc) is 2.05. The quantitative estimate of drug-likeness (QED) is 0.635. The van der Waals surface area contributed by atoms with E-state index in [1.165, 1.54) is 29.6 Å². The maximum absolute atomic E-state index is 9.07. The first-order chi connectivity index (χ1) is 5.65. The largest absolute Gasteiger partial charge is 0.392 e. The molecule has 0 aromatic rings. The highest BCUT2D eigenvalue weighted by Gasteiger charge is 2.14. The molecule has 1 atom stereocenters. The summed E-state index contributed by atoms with van der Waals surface area (Å²) in [4.78, 5) is 0. The second-order valence-electron chi connectivity index (χ2n) is 3.84. The lowest BCUT2D eigenvalue weighted by molar-refractivity contribution is 0.311. The van der Waals surface area contributed by atoms with Gasteiger partial charge in [-0.25, -0.2) is 0 Å². The molecule has 0 spiro atoms. The van der Waals surface area contributed by atoms with E-state index < -0.39 is 0 Å². The molecule has 1 aliphatic carbocycles. The van der Waals surface area contributed by atoms with Gasteiger partial charge < -0.3 is 5.11 Å². The molecule has 0 unspecified atom stereocenters. The van der Waals surface area contributed by atoms with Crippen molar-refractivity contribution in [2.75, 3.05) is 6.61 Å². The molecule has 0 bridgehead atoms. The summed E-state index contributed by atoms with van der Waals surface area (Å²) in [6.45, 7) is 6.68. The van der Waals surface area contributed by atoms with Gasteiger partial charge in [0.05, 0.1) is 6.61 Å². The molecule has 1 heteroatoms. The van der Waals surface area contributed by atoms with E-state index in [9.17, 15) is 0 Å². The van der Waals surface area contributed by atoms with Gasteiger partial charge in [-0.2, -0.15) is 0 Å². The topological polar surface area (TPSA) is 20.2 Å². The zero-order valence-corrected chi connectivity index (χ0v) is 8.22. The maximum atomic E-state index is 9.07. The van der Waals surface area contributed by atoms with Crippen LogP contribution in [0, 0.1) is 5.92 Å². The van der Waals surface area contributed by atoms with Crippen LogP contribution >= 0.6 is 0 Å². The van der Waals surface area contributed by atoms with Crippen molar-refractivity contribution in [3.8, 4) is 0 Å². The van der Waals surface area contributed by atoms with E-state index in [0.717, 1.165) is 0 Å². The Morgan fingerprint density at radius 1 is 1.58 bits per heavy atom. The molecule has 0 aromatic carbocycles. The molecule has 0 radical (unpaired) electrons. The van der Waals surface area contributed by atoms with Crippen molar-refractivity contribution in [1.82, 2.24) is 0 Å². The Morgan fingerprint density at radius 2 is 2.25 bits per heavy atom.